The molecule has 0 spiro atoms. The summed E-state index contributed by atoms with van der Waals surface area (Å²) >= 11 is 0. The smallest absolute Gasteiger partial charge is 0.412 e. The molecule has 0 radical (unpaired) electrons. The molecule has 0 saturated carbocycles. The van der Waals surface area contributed by atoms with Gasteiger partial charge in [-0.05, 0) is 38.3 Å². The van der Waals surface area contributed by atoms with Crippen molar-refractivity contribution in [2.75, 3.05) is 5.32 Å². The number of hydrogen-bond acceptors (Lipinski definition) is 3. The van der Waals surface area contributed by atoms with Crippen molar-refractivity contribution in [1.82, 2.24) is 0 Å². The predicted molar refractivity (Wildman–Crippen MR) is 88.3 cm³/mol. The highest BCUT2D eigenvalue weighted by Gasteiger charge is 2.18. The maximum Gasteiger partial charge on any atom is 0.412 e. The van der Waals surface area contributed by atoms with Crippen molar-refractivity contribution in [2.24, 2.45) is 0 Å². The Balaban J connectivity index is 2.48. The van der Waals surface area contributed by atoms with E-state index in [2.05, 4.69) is 11.9 Å². The number of carbonyl (C=O) groups excluding carboxylic acids is 2. The van der Waals surface area contributed by atoms with E-state index in [0.29, 0.717) is 16.6 Å². The number of fused-ring (bicyclic) bond motifs is 1. The average Bonchev–Trinajstić information content (AvgIpc) is 2.44. The van der Waals surface area contributed by atoms with Crippen LogP contribution in [0.1, 0.15) is 31.1 Å². The lowest BCUT2D eigenvalue weighted by Crippen LogP contribution is -2.27. The van der Waals surface area contributed by atoms with Gasteiger partial charge in [-0.3, -0.25) is 10.1 Å². The van der Waals surface area contributed by atoms with Gasteiger partial charge in [0, 0.05) is 10.9 Å². The number of ether oxygens (including phenoxy) is 1. The molecule has 0 aliphatic carbocycles. The summed E-state index contributed by atoms with van der Waals surface area (Å²) in [6.07, 6.45) is 0.708. The average molecular weight is 297 g/mol. The Labute approximate surface area is 129 Å². The molecule has 22 heavy (non-hydrogen) atoms. The number of hydrogen-bond donors (Lipinski definition) is 1. The van der Waals surface area contributed by atoms with Crippen LogP contribution in [0.15, 0.2) is 49.1 Å². The van der Waals surface area contributed by atoms with Crippen LogP contribution in [0, 0.1) is 0 Å². The molecule has 0 heterocycles. The molecule has 0 fully saturated rings. The molecule has 1 N–H and O–H groups in total. The van der Waals surface area contributed by atoms with Gasteiger partial charge in [0.1, 0.15) is 5.60 Å². The molecule has 4 nitrogen and oxygen atoms in total. The molecule has 0 bridgehead atoms. The van der Waals surface area contributed by atoms with Crippen molar-refractivity contribution >= 4 is 28.3 Å². The molecule has 2 rings (SSSR count). The largest absolute Gasteiger partial charge is 0.444 e. The summed E-state index contributed by atoms with van der Waals surface area (Å²) in [5.41, 5.74) is 0.450. The van der Waals surface area contributed by atoms with Crippen molar-refractivity contribution < 1.29 is 14.3 Å². The Morgan fingerprint density at radius 3 is 2.36 bits per heavy atom. The molecule has 0 aliphatic rings. The van der Waals surface area contributed by atoms with E-state index in [0.717, 1.165) is 5.39 Å². The SMILES string of the molecule is C=CC(=O)c1cccc2cccc(NC(=O)OC(C)(C)C)c12. The van der Waals surface area contributed by atoms with Crippen LogP contribution < -0.4 is 5.32 Å². The number of benzene rings is 2. The summed E-state index contributed by atoms with van der Waals surface area (Å²) in [4.78, 5) is 24.0. The van der Waals surface area contributed by atoms with Gasteiger partial charge in [0.05, 0.1) is 5.69 Å². The van der Waals surface area contributed by atoms with Crippen LogP contribution in [0.5, 0.6) is 0 Å². The first kappa shape index (κ1) is 15.8. The van der Waals surface area contributed by atoms with Crippen LogP contribution in [0.25, 0.3) is 10.8 Å². The summed E-state index contributed by atoms with van der Waals surface area (Å²) in [6, 6.07) is 10.8. The number of rotatable bonds is 3. The Morgan fingerprint density at radius 2 is 1.77 bits per heavy atom. The molecule has 0 aliphatic heterocycles. The predicted octanol–water partition coefficient (Wildman–Crippen LogP) is 4.56. The Morgan fingerprint density at radius 1 is 1.14 bits per heavy atom. The third-order valence-corrected chi connectivity index (χ3v) is 2.99. The maximum absolute atomic E-state index is 12.0. The third-order valence-electron chi connectivity index (χ3n) is 2.99. The van der Waals surface area contributed by atoms with Gasteiger partial charge in [0.15, 0.2) is 5.78 Å². The van der Waals surface area contributed by atoms with Gasteiger partial charge >= 0.3 is 6.09 Å². The fourth-order valence-corrected chi connectivity index (χ4v) is 2.17. The van der Waals surface area contributed by atoms with Gasteiger partial charge in [0.2, 0.25) is 0 Å². The van der Waals surface area contributed by atoms with Gasteiger partial charge < -0.3 is 4.74 Å². The lowest BCUT2D eigenvalue weighted by Gasteiger charge is -2.20. The standard InChI is InChI=1S/C18H19NO3/c1-5-15(20)13-10-6-8-12-9-7-11-14(16(12)13)19-17(21)22-18(2,3)4/h5-11H,1H2,2-4H3,(H,19,21). The summed E-state index contributed by atoms with van der Waals surface area (Å²) < 4.78 is 5.26. The lowest BCUT2D eigenvalue weighted by atomic mass is 9.99. The van der Waals surface area contributed by atoms with Gasteiger partial charge in [-0.2, -0.15) is 0 Å². The molecule has 4 heteroatoms. The first-order valence-corrected chi connectivity index (χ1v) is 7.00. The minimum absolute atomic E-state index is 0.191. The summed E-state index contributed by atoms with van der Waals surface area (Å²) in [5, 5.41) is 4.26. The zero-order chi connectivity index (χ0) is 16.3. The van der Waals surface area contributed by atoms with E-state index in [1.54, 1.807) is 39.0 Å². The topological polar surface area (TPSA) is 55.4 Å². The van der Waals surface area contributed by atoms with E-state index in [1.165, 1.54) is 6.08 Å². The minimum atomic E-state index is -0.589. The first-order chi connectivity index (χ1) is 10.3. The van der Waals surface area contributed by atoms with Crippen LogP contribution in [-0.4, -0.2) is 17.5 Å². The molecule has 114 valence electrons. The van der Waals surface area contributed by atoms with Crippen LogP contribution >= 0.6 is 0 Å². The molecule has 2 aromatic carbocycles. The second kappa shape index (κ2) is 6.02. The first-order valence-electron chi connectivity index (χ1n) is 7.00. The lowest BCUT2D eigenvalue weighted by molar-refractivity contribution is 0.0636. The Bertz CT molecular complexity index is 736. The maximum atomic E-state index is 12.0. The van der Waals surface area contributed by atoms with Gasteiger partial charge in [-0.25, -0.2) is 4.79 Å². The molecule has 0 atom stereocenters. The summed E-state index contributed by atoms with van der Waals surface area (Å²) in [7, 11) is 0. The van der Waals surface area contributed by atoms with E-state index in [9.17, 15) is 9.59 Å². The number of anilines is 1. The van der Waals surface area contributed by atoms with E-state index in [-0.39, 0.29) is 5.78 Å². The molecule has 0 aromatic heterocycles. The highest BCUT2D eigenvalue weighted by atomic mass is 16.6. The molecule has 0 saturated heterocycles. The Hall–Kier alpha value is -2.62. The van der Waals surface area contributed by atoms with E-state index in [1.807, 2.05) is 18.2 Å². The minimum Gasteiger partial charge on any atom is -0.444 e. The van der Waals surface area contributed by atoms with E-state index in [4.69, 9.17) is 4.74 Å². The van der Waals surface area contributed by atoms with E-state index < -0.39 is 11.7 Å². The summed E-state index contributed by atoms with van der Waals surface area (Å²) in [5.74, 6) is -0.191. The normalized spacial score (nSPS) is 11.0. The quantitative estimate of drug-likeness (QED) is 0.667. The number of ketones is 1. The Kier molecular flexibility index (Phi) is 4.31. The highest BCUT2D eigenvalue weighted by molar-refractivity contribution is 6.17. The second-order valence-electron chi connectivity index (χ2n) is 5.90. The summed E-state index contributed by atoms with van der Waals surface area (Å²) in [6.45, 7) is 8.90. The van der Waals surface area contributed by atoms with Gasteiger partial charge in [0.25, 0.3) is 0 Å². The van der Waals surface area contributed by atoms with Crippen LogP contribution in [0.4, 0.5) is 10.5 Å². The van der Waals surface area contributed by atoms with Crippen LogP contribution in [0.2, 0.25) is 0 Å². The third kappa shape index (κ3) is 3.52. The van der Waals surface area contributed by atoms with Crippen molar-refractivity contribution in [3.63, 3.8) is 0 Å². The fraction of sp³-hybridized carbons (Fsp3) is 0.222. The van der Waals surface area contributed by atoms with Gasteiger partial charge in [-0.15, -0.1) is 0 Å². The zero-order valence-electron chi connectivity index (χ0n) is 13.0. The van der Waals surface area contributed by atoms with Crippen LogP contribution in [-0.2, 0) is 4.74 Å². The number of amides is 1. The van der Waals surface area contributed by atoms with Gasteiger partial charge in [-0.1, -0.05) is 36.9 Å². The monoisotopic (exact) mass is 297 g/mol. The fourth-order valence-electron chi connectivity index (χ4n) is 2.17. The van der Waals surface area contributed by atoms with Crippen molar-refractivity contribution in [2.45, 2.75) is 26.4 Å². The molecular formula is C18H19NO3. The highest BCUT2D eigenvalue weighted by Crippen LogP contribution is 2.28. The van der Waals surface area contributed by atoms with Crippen molar-refractivity contribution in [3.05, 3.63) is 54.6 Å². The van der Waals surface area contributed by atoms with Crippen LogP contribution in [0.3, 0.4) is 0 Å². The second-order valence-corrected chi connectivity index (χ2v) is 5.90. The van der Waals surface area contributed by atoms with Crippen molar-refractivity contribution in [1.29, 1.82) is 0 Å². The zero-order valence-corrected chi connectivity index (χ0v) is 13.0. The molecule has 0 unspecified atom stereocenters. The number of nitrogens with one attached hydrogen (secondary N) is 1. The molecule has 1 amide bonds. The number of carbonyl (C=O) groups is 2. The molecule has 2 aromatic rings. The number of allylic oxidation sites excluding steroid dienone is 1. The molecular weight excluding hydrogens is 278 g/mol. The van der Waals surface area contributed by atoms with Crippen molar-refractivity contribution in [3.8, 4) is 0 Å². The van der Waals surface area contributed by atoms with E-state index >= 15 is 0 Å².